The first kappa shape index (κ1) is 24.3. The molecule has 0 radical (unpaired) electrons. The van der Waals surface area contributed by atoms with E-state index >= 15 is 0 Å². The van der Waals surface area contributed by atoms with Crippen molar-refractivity contribution in [3.05, 3.63) is 74.9 Å². The molecule has 1 atom stereocenters. The summed E-state index contributed by atoms with van der Waals surface area (Å²) >= 11 is 1.23. The minimum atomic E-state index is -0.893. The van der Waals surface area contributed by atoms with E-state index in [2.05, 4.69) is 4.98 Å². The number of aryl methyl sites for hydroxylation is 2. The normalized spacial score (nSPS) is 15.5. The molecule has 0 saturated heterocycles. The summed E-state index contributed by atoms with van der Waals surface area (Å²) in [7, 11) is 3.09. The number of hydrogen-bond donors (Lipinski definition) is 1. The van der Waals surface area contributed by atoms with Crippen LogP contribution < -0.4 is 19.1 Å². The number of benzene rings is 2. The number of hydrogen-bond acceptors (Lipinski definition) is 8. The van der Waals surface area contributed by atoms with E-state index in [4.69, 9.17) is 14.2 Å². The van der Waals surface area contributed by atoms with Crippen LogP contribution in [0.25, 0.3) is 0 Å². The number of aromatic nitrogens is 1. The lowest BCUT2D eigenvalue weighted by atomic mass is 9.94. The number of aliphatic hydroxyl groups excluding tert-OH is 1. The van der Waals surface area contributed by atoms with Crippen LogP contribution in [0.1, 0.15) is 38.9 Å². The molecule has 182 valence electrons. The van der Waals surface area contributed by atoms with Crippen LogP contribution >= 0.6 is 11.3 Å². The molecule has 8 nitrogen and oxygen atoms in total. The maximum Gasteiger partial charge on any atom is 0.294 e. The minimum Gasteiger partial charge on any atom is -0.503 e. The lowest BCUT2D eigenvalue weighted by Crippen LogP contribution is -2.31. The van der Waals surface area contributed by atoms with Crippen molar-refractivity contribution in [1.82, 2.24) is 4.98 Å². The molecule has 0 fully saturated rings. The van der Waals surface area contributed by atoms with Gasteiger partial charge in [0.2, 0.25) is 5.78 Å². The lowest BCUT2D eigenvalue weighted by Gasteiger charge is -2.27. The zero-order chi connectivity index (χ0) is 25.3. The fourth-order valence-corrected chi connectivity index (χ4v) is 5.03. The van der Waals surface area contributed by atoms with Crippen LogP contribution in [0, 0.1) is 13.8 Å². The average molecular weight is 495 g/mol. The molecule has 1 aromatic heterocycles. The highest BCUT2D eigenvalue weighted by Gasteiger charge is 2.45. The Labute approximate surface area is 207 Å². The van der Waals surface area contributed by atoms with E-state index in [9.17, 15) is 14.7 Å². The number of ketones is 1. The quantitative estimate of drug-likeness (QED) is 0.442. The van der Waals surface area contributed by atoms with Gasteiger partial charge in [0.1, 0.15) is 5.75 Å². The monoisotopic (exact) mass is 494 g/mol. The van der Waals surface area contributed by atoms with Gasteiger partial charge in [-0.05, 0) is 62.7 Å². The second-order valence-corrected chi connectivity index (χ2v) is 9.06. The number of amides is 1. The summed E-state index contributed by atoms with van der Waals surface area (Å²) in [5.74, 6) is -0.0900. The predicted octanol–water partition coefficient (Wildman–Crippen LogP) is 4.96. The van der Waals surface area contributed by atoms with Crippen LogP contribution in [0.2, 0.25) is 0 Å². The molecule has 1 unspecified atom stereocenters. The molecule has 0 bridgehead atoms. The Bertz CT molecular complexity index is 1310. The molecule has 1 aliphatic heterocycles. The molecular formula is C26H26N2O6S. The molecule has 2 aromatic carbocycles. The predicted molar refractivity (Wildman–Crippen MR) is 133 cm³/mol. The van der Waals surface area contributed by atoms with Crippen molar-refractivity contribution in [3.8, 4) is 17.2 Å². The van der Waals surface area contributed by atoms with E-state index in [1.165, 1.54) is 23.3 Å². The first-order chi connectivity index (χ1) is 16.8. The number of methoxy groups -OCH3 is 2. The Morgan fingerprint density at radius 1 is 1.09 bits per heavy atom. The molecule has 9 heteroatoms. The van der Waals surface area contributed by atoms with E-state index in [0.29, 0.717) is 45.7 Å². The third-order valence-corrected chi connectivity index (χ3v) is 6.79. The first-order valence-corrected chi connectivity index (χ1v) is 11.8. The van der Waals surface area contributed by atoms with Crippen LogP contribution in [-0.2, 0) is 4.79 Å². The lowest BCUT2D eigenvalue weighted by molar-refractivity contribution is -0.117. The second-order valence-electron chi connectivity index (χ2n) is 7.86. The molecule has 1 amide bonds. The van der Waals surface area contributed by atoms with Gasteiger partial charge in [-0.25, -0.2) is 4.98 Å². The van der Waals surface area contributed by atoms with Crippen LogP contribution in [0.3, 0.4) is 0 Å². The molecule has 4 rings (SSSR count). The van der Waals surface area contributed by atoms with Gasteiger partial charge < -0.3 is 19.3 Å². The Morgan fingerprint density at radius 3 is 2.37 bits per heavy atom. The number of ether oxygens (including phenoxy) is 3. The highest BCUT2D eigenvalue weighted by Crippen LogP contribution is 2.44. The Morgan fingerprint density at radius 2 is 1.80 bits per heavy atom. The maximum atomic E-state index is 13.7. The molecule has 0 saturated carbocycles. The number of anilines is 1. The second kappa shape index (κ2) is 9.79. The summed E-state index contributed by atoms with van der Waals surface area (Å²) in [6.45, 7) is 5.80. The van der Waals surface area contributed by atoms with E-state index in [1.54, 1.807) is 56.5 Å². The van der Waals surface area contributed by atoms with Gasteiger partial charge in [-0.3, -0.25) is 14.5 Å². The number of aliphatic hydroxyl groups is 1. The summed E-state index contributed by atoms with van der Waals surface area (Å²) in [4.78, 5) is 33.2. The standard InChI is InChI=1S/C26H26N2O6S/c1-6-34-20-13-16(7-12-19(20)33-5)22-21(23(29)25-14(2)27-15(3)35-25)24(30)26(31)28(22)17-8-10-18(32-4)11-9-17/h7-13,22,30H,6H2,1-5H3. The van der Waals surface area contributed by atoms with Crippen molar-refractivity contribution in [2.24, 2.45) is 0 Å². The Kier molecular flexibility index (Phi) is 6.79. The van der Waals surface area contributed by atoms with Gasteiger partial charge in [0.25, 0.3) is 5.91 Å². The third-order valence-electron chi connectivity index (χ3n) is 5.72. The Hall–Kier alpha value is -3.85. The van der Waals surface area contributed by atoms with Gasteiger partial charge in [-0.15, -0.1) is 11.3 Å². The molecule has 1 N–H and O–H groups in total. The van der Waals surface area contributed by atoms with Gasteiger partial charge in [0, 0.05) is 5.69 Å². The summed E-state index contributed by atoms with van der Waals surface area (Å²) < 4.78 is 16.4. The van der Waals surface area contributed by atoms with Crippen molar-refractivity contribution in [1.29, 1.82) is 0 Å². The third kappa shape index (κ3) is 4.35. The average Bonchev–Trinajstić information content (AvgIpc) is 3.33. The topological polar surface area (TPSA) is 98.2 Å². The molecule has 1 aliphatic rings. The molecule has 0 aliphatic carbocycles. The highest BCUT2D eigenvalue weighted by atomic mass is 32.1. The zero-order valence-electron chi connectivity index (χ0n) is 20.1. The highest BCUT2D eigenvalue weighted by molar-refractivity contribution is 7.14. The van der Waals surface area contributed by atoms with Crippen molar-refractivity contribution >= 4 is 28.7 Å². The number of nitrogens with zero attached hydrogens (tertiary/aromatic N) is 2. The summed E-state index contributed by atoms with van der Waals surface area (Å²) in [5.41, 5.74) is 1.63. The SMILES string of the molecule is CCOc1cc(C2C(C(=O)c3sc(C)nc3C)=C(O)C(=O)N2c2ccc(OC)cc2)ccc1OC. The minimum absolute atomic E-state index is 0.00909. The maximum absolute atomic E-state index is 13.7. The van der Waals surface area contributed by atoms with Gasteiger partial charge in [0.05, 0.1) is 48.0 Å². The Balaban J connectivity index is 1.90. The van der Waals surface area contributed by atoms with Crippen molar-refractivity contribution in [2.45, 2.75) is 26.8 Å². The largest absolute Gasteiger partial charge is 0.503 e. The number of thiazole rings is 1. The number of Topliss-reactive ketones (excluding diaryl/α,β-unsaturated/α-hetero) is 1. The molecule has 3 aromatic rings. The fourth-order valence-electron chi connectivity index (χ4n) is 4.16. The van der Waals surface area contributed by atoms with E-state index in [0.717, 1.165) is 5.01 Å². The van der Waals surface area contributed by atoms with Crippen LogP contribution in [0.15, 0.2) is 53.8 Å². The molecule has 2 heterocycles. The van der Waals surface area contributed by atoms with Crippen LogP contribution in [0.5, 0.6) is 17.2 Å². The van der Waals surface area contributed by atoms with Gasteiger partial charge in [-0.1, -0.05) is 6.07 Å². The smallest absolute Gasteiger partial charge is 0.294 e. The van der Waals surface area contributed by atoms with E-state index in [-0.39, 0.29) is 5.57 Å². The number of rotatable bonds is 8. The summed E-state index contributed by atoms with van der Waals surface area (Å²) in [5, 5.41) is 11.7. The summed E-state index contributed by atoms with van der Waals surface area (Å²) in [6, 6.07) is 11.2. The van der Waals surface area contributed by atoms with E-state index < -0.39 is 23.5 Å². The van der Waals surface area contributed by atoms with Crippen LogP contribution in [-0.4, -0.2) is 42.6 Å². The zero-order valence-corrected chi connectivity index (χ0v) is 20.9. The summed E-state index contributed by atoms with van der Waals surface area (Å²) in [6.07, 6.45) is 0. The number of carbonyl (C=O) groups is 2. The molecule has 0 spiro atoms. The van der Waals surface area contributed by atoms with Crippen molar-refractivity contribution in [3.63, 3.8) is 0 Å². The van der Waals surface area contributed by atoms with E-state index in [1.807, 2.05) is 13.8 Å². The van der Waals surface area contributed by atoms with Crippen molar-refractivity contribution < 1.29 is 28.9 Å². The molecular weight excluding hydrogens is 468 g/mol. The van der Waals surface area contributed by atoms with Crippen molar-refractivity contribution in [2.75, 3.05) is 25.7 Å². The van der Waals surface area contributed by atoms with Gasteiger partial charge >= 0.3 is 0 Å². The van der Waals surface area contributed by atoms with Crippen LogP contribution in [0.4, 0.5) is 5.69 Å². The molecule has 35 heavy (non-hydrogen) atoms. The first-order valence-electron chi connectivity index (χ1n) is 11.0. The van der Waals surface area contributed by atoms with Gasteiger partial charge in [0.15, 0.2) is 17.3 Å². The van der Waals surface area contributed by atoms with Gasteiger partial charge in [-0.2, -0.15) is 0 Å². The fraction of sp³-hybridized carbons (Fsp3) is 0.269. The number of carbonyl (C=O) groups excluding carboxylic acids is 2.